The van der Waals surface area contributed by atoms with Gasteiger partial charge in [0.25, 0.3) is 5.88 Å². The van der Waals surface area contributed by atoms with E-state index in [9.17, 15) is 0 Å². The second kappa shape index (κ2) is 4.64. The average Bonchev–Trinajstić information content (AvgIpc) is 2.90. The van der Waals surface area contributed by atoms with Crippen LogP contribution in [-0.4, -0.2) is 30.1 Å². The van der Waals surface area contributed by atoms with E-state index in [-0.39, 0.29) is 5.88 Å². The molecule has 0 amide bonds. The van der Waals surface area contributed by atoms with E-state index < -0.39 is 0 Å². The van der Waals surface area contributed by atoms with Gasteiger partial charge in [-0.25, -0.2) is 9.97 Å². The molecule has 0 aliphatic heterocycles. The van der Waals surface area contributed by atoms with Crippen LogP contribution in [0.5, 0.6) is 5.88 Å². The van der Waals surface area contributed by atoms with Crippen molar-refractivity contribution in [2.45, 2.75) is 0 Å². The van der Waals surface area contributed by atoms with Crippen LogP contribution in [0, 0.1) is 0 Å². The minimum absolute atomic E-state index is 0.257. The lowest BCUT2D eigenvalue weighted by atomic mass is 10.3. The molecule has 0 aliphatic rings. The van der Waals surface area contributed by atoms with Crippen LogP contribution in [-0.2, 0) is 0 Å². The third-order valence-electron chi connectivity index (χ3n) is 2.85. The Kier molecular flexibility index (Phi) is 2.65. The first kappa shape index (κ1) is 12.0. The lowest BCUT2D eigenvalue weighted by Crippen LogP contribution is -2.08. The standard InChI is InChI=1S/C13H7ClN6O/c14-11-6-5-9-13(16-11)17-12(7-15-9)21-20-10-4-2-1-3-8(10)18-19-20/h1-7H. The Hall–Kier alpha value is -2.80. The molecule has 21 heavy (non-hydrogen) atoms. The Morgan fingerprint density at radius 1 is 1.00 bits per heavy atom. The lowest BCUT2D eigenvalue weighted by molar-refractivity contribution is 0.175. The summed E-state index contributed by atoms with van der Waals surface area (Å²) in [5.41, 5.74) is 2.51. The molecule has 4 aromatic rings. The highest BCUT2D eigenvalue weighted by atomic mass is 35.5. The number of hydrogen-bond acceptors (Lipinski definition) is 6. The van der Waals surface area contributed by atoms with Crippen LogP contribution in [0.4, 0.5) is 0 Å². The number of benzene rings is 1. The first-order valence-corrected chi connectivity index (χ1v) is 6.45. The molecule has 0 saturated heterocycles. The van der Waals surface area contributed by atoms with Crippen molar-refractivity contribution in [2.75, 3.05) is 0 Å². The molecular formula is C13H7ClN6O. The third-order valence-corrected chi connectivity index (χ3v) is 3.06. The average molecular weight is 299 g/mol. The summed E-state index contributed by atoms with van der Waals surface area (Å²) in [5, 5.41) is 8.26. The van der Waals surface area contributed by atoms with Gasteiger partial charge in [0, 0.05) is 0 Å². The normalized spacial score (nSPS) is 11.1. The number of fused-ring (bicyclic) bond motifs is 2. The molecule has 0 saturated carbocycles. The van der Waals surface area contributed by atoms with Crippen LogP contribution in [0.15, 0.2) is 42.6 Å². The maximum absolute atomic E-state index is 5.84. The molecule has 0 N–H and O–H groups in total. The molecule has 8 heteroatoms. The molecule has 7 nitrogen and oxygen atoms in total. The van der Waals surface area contributed by atoms with Gasteiger partial charge in [-0.1, -0.05) is 28.6 Å². The third kappa shape index (κ3) is 2.13. The highest BCUT2D eigenvalue weighted by molar-refractivity contribution is 6.29. The molecule has 1 aromatic carbocycles. The number of nitrogens with zero attached hydrogens (tertiary/aromatic N) is 6. The maximum atomic E-state index is 5.84. The zero-order valence-corrected chi connectivity index (χ0v) is 11.3. The van der Waals surface area contributed by atoms with E-state index in [1.54, 1.807) is 12.1 Å². The Morgan fingerprint density at radius 3 is 2.86 bits per heavy atom. The largest absolute Gasteiger partial charge is 0.334 e. The Bertz CT molecular complexity index is 954. The highest BCUT2D eigenvalue weighted by Gasteiger charge is 2.08. The fraction of sp³-hybridized carbons (Fsp3) is 0. The lowest BCUT2D eigenvalue weighted by Gasteiger charge is -2.04. The molecule has 0 aliphatic carbocycles. The van der Waals surface area contributed by atoms with Gasteiger partial charge in [-0.2, -0.15) is 4.98 Å². The number of rotatable bonds is 2. The van der Waals surface area contributed by atoms with Gasteiger partial charge in [0.05, 0.1) is 6.20 Å². The minimum Gasteiger partial charge on any atom is -0.334 e. The fourth-order valence-corrected chi connectivity index (χ4v) is 2.05. The molecular weight excluding hydrogens is 292 g/mol. The van der Waals surface area contributed by atoms with Crippen molar-refractivity contribution < 1.29 is 4.84 Å². The Morgan fingerprint density at radius 2 is 1.90 bits per heavy atom. The van der Waals surface area contributed by atoms with Gasteiger partial charge in [0.1, 0.15) is 21.7 Å². The molecule has 102 valence electrons. The van der Waals surface area contributed by atoms with Crippen molar-refractivity contribution in [1.29, 1.82) is 0 Å². The van der Waals surface area contributed by atoms with Crippen molar-refractivity contribution in [2.24, 2.45) is 0 Å². The summed E-state index contributed by atoms with van der Waals surface area (Å²) in [6.07, 6.45) is 1.49. The smallest absolute Gasteiger partial charge is 0.269 e. The topological polar surface area (TPSA) is 78.6 Å². The minimum atomic E-state index is 0.257. The van der Waals surface area contributed by atoms with E-state index in [0.29, 0.717) is 16.3 Å². The van der Waals surface area contributed by atoms with Crippen molar-refractivity contribution in [1.82, 2.24) is 30.1 Å². The first-order valence-electron chi connectivity index (χ1n) is 6.08. The molecule has 0 spiro atoms. The van der Waals surface area contributed by atoms with Gasteiger partial charge in [-0.05, 0) is 29.5 Å². The predicted octanol–water partition coefficient (Wildman–Crippen LogP) is 2.26. The Balaban J connectivity index is 1.76. The van der Waals surface area contributed by atoms with Gasteiger partial charge >= 0.3 is 0 Å². The van der Waals surface area contributed by atoms with Crippen LogP contribution in [0.1, 0.15) is 0 Å². The maximum Gasteiger partial charge on any atom is 0.269 e. The SMILES string of the molecule is Clc1ccc2ncc(On3nnc4ccccc43)nc2n1. The predicted molar refractivity (Wildman–Crippen MR) is 75.9 cm³/mol. The fourth-order valence-electron chi connectivity index (χ4n) is 1.91. The molecule has 3 heterocycles. The zero-order chi connectivity index (χ0) is 14.2. The van der Waals surface area contributed by atoms with Crippen LogP contribution < -0.4 is 4.84 Å². The molecule has 0 fully saturated rings. The number of aromatic nitrogens is 6. The van der Waals surface area contributed by atoms with Crippen LogP contribution in [0.2, 0.25) is 5.15 Å². The zero-order valence-electron chi connectivity index (χ0n) is 10.5. The Labute approximate surface area is 123 Å². The summed E-state index contributed by atoms with van der Waals surface area (Å²) >= 11 is 5.84. The summed E-state index contributed by atoms with van der Waals surface area (Å²) in [5.74, 6) is 0.257. The van der Waals surface area contributed by atoms with Crippen LogP contribution in [0.25, 0.3) is 22.2 Å². The van der Waals surface area contributed by atoms with E-state index >= 15 is 0 Å². The summed E-state index contributed by atoms with van der Waals surface area (Å²) < 4.78 is 0. The van der Waals surface area contributed by atoms with E-state index in [4.69, 9.17) is 16.4 Å². The van der Waals surface area contributed by atoms with E-state index in [2.05, 4.69) is 25.3 Å². The van der Waals surface area contributed by atoms with Crippen molar-refractivity contribution >= 4 is 33.8 Å². The summed E-state index contributed by atoms with van der Waals surface area (Å²) in [6, 6.07) is 10.8. The van der Waals surface area contributed by atoms with Crippen molar-refractivity contribution in [3.05, 3.63) is 47.7 Å². The first-order chi connectivity index (χ1) is 10.3. The van der Waals surface area contributed by atoms with E-state index in [1.807, 2.05) is 24.3 Å². The van der Waals surface area contributed by atoms with Crippen molar-refractivity contribution in [3.8, 4) is 5.88 Å². The van der Waals surface area contributed by atoms with Gasteiger partial charge in [0.15, 0.2) is 5.65 Å². The summed E-state index contributed by atoms with van der Waals surface area (Å²) in [4.78, 5) is 19.4. The quantitative estimate of drug-likeness (QED) is 0.528. The van der Waals surface area contributed by atoms with E-state index in [0.717, 1.165) is 11.0 Å². The second-order valence-electron chi connectivity index (χ2n) is 4.23. The highest BCUT2D eigenvalue weighted by Crippen LogP contribution is 2.16. The number of hydrogen-bond donors (Lipinski definition) is 0. The van der Waals surface area contributed by atoms with Gasteiger partial charge in [-0.3, -0.25) is 0 Å². The van der Waals surface area contributed by atoms with Gasteiger partial charge < -0.3 is 4.84 Å². The number of pyridine rings is 1. The van der Waals surface area contributed by atoms with Crippen molar-refractivity contribution in [3.63, 3.8) is 0 Å². The number of para-hydroxylation sites is 1. The summed E-state index contributed by atoms with van der Waals surface area (Å²) in [7, 11) is 0. The molecule has 4 rings (SSSR count). The van der Waals surface area contributed by atoms with Gasteiger partial charge in [0.2, 0.25) is 0 Å². The molecule has 0 radical (unpaired) electrons. The van der Waals surface area contributed by atoms with Crippen LogP contribution >= 0.6 is 11.6 Å². The second-order valence-corrected chi connectivity index (χ2v) is 4.61. The number of halogens is 1. The van der Waals surface area contributed by atoms with Crippen LogP contribution in [0.3, 0.4) is 0 Å². The van der Waals surface area contributed by atoms with E-state index in [1.165, 1.54) is 11.0 Å². The molecule has 0 unspecified atom stereocenters. The molecule has 0 atom stereocenters. The monoisotopic (exact) mass is 298 g/mol. The molecule has 3 aromatic heterocycles. The van der Waals surface area contributed by atoms with Gasteiger partial charge in [-0.15, -0.1) is 5.10 Å². The molecule has 0 bridgehead atoms. The summed E-state index contributed by atoms with van der Waals surface area (Å²) in [6.45, 7) is 0.